The summed E-state index contributed by atoms with van der Waals surface area (Å²) >= 11 is 5.27. The Hall–Kier alpha value is -0.210. The van der Waals surface area contributed by atoms with Gasteiger partial charge in [0.25, 0.3) is 0 Å². The molecule has 2 aliphatic rings. The summed E-state index contributed by atoms with van der Waals surface area (Å²) in [4.78, 5) is 24.3. The van der Waals surface area contributed by atoms with Gasteiger partial charge in [0.2, 0.25) is 0 Å². The smallest absolute Gasteiger partial charge is 0.327 e. The largest absolute Gasteiger partial charge is 0.480 e. The molecule has 0 aliphatic carbocycles. The molecule has 0 aromatic heterocycles. The van der Waals surface area contributed by atoms with E-state index in [1.807, 2.05) is 23.5 Å². The van der Waals surface area contributed by atoms with Crippen molar-refractivity contribution in [2.75, 3.05) is 35.4 Å². The molecule has 2 rings (SSSR count). The third-order valence-electron chi connectivity index (χ3n) is 2.79. The van der Waals surface area contributed by atoms with E-state index in [1.54, 1.807) is 0 Å². The number of rotatable bonds is 3. The van der Waals surface area contributed by atoms with E-state index in [9.17, 15) is 9.59 Å². The Morgan fingerprint density at radius 3 is 2.78 bits per heavy atom. The molecule has 0 aromatic rings. The first-order chi connectivity index (χ1) is 8.68. The molecule has 2 N–H and O–H groups in total. The van der Waals surface area contributed by atoms with Gasteiger partial charge in [0.15, 0.2) is 0 Å². The van der Waals surface area contributed by atoms with Gasteiger partial charge in [0, 0.05) is 34.8 Å². The number of urea groups is 1. The Kier molecular flexibility index (Phi) is 5.38. The minimum absolute atomic E-state index is 0.247. The molecule has 2 aliphatic heterocycles. The van der Waals surface area contributed by atoms with Crippen molar-refractivity contribution in [3.8, 4) is 0 Å². The van der Waals surface area contributed by atoms with Gasteiger partial charge >= 0.3 is 12.0 Å². The minimum atomic E-state index is -0.919. The third-order valence-corrected chi connectivity index (χ3v) is 6.65. The molecule has 8 heteroatoms. The highest BCUT2D eigenvalue weighted by molar-refractivity contribution is 8.06. The highest BCUT2D eigenvalue weighted by Gasteiger charge is 2.34. The summed E-state index contributed by atoms with van der Waals surface area (Å²) < 4.78 is 0. The van der Waals surface area contributed by atoms with E-state index >= 15 is 0 Å². The lowest BCUT2D eigenvalue weighted by Gasteiger charge is -2.24. The predicted octanol–water partition coefficient (Wildman–Crippen LogP) is 1.00. The zero-order chi connectivity index (χ0) is 13.0. The summed E-state index contributed by atoms with van der Waals surface area (Å²) in [5, 5.41) is 12.3. The molecule has 102 valence electrons. The Morgan fingerprint density at radius 2 is 2.11 bits per heavy atom. The Labute approximate surface area is 119 Å². The van der Waals surface area contributed by atoms with Crippen LogP contribution in [0.15, 0.2) is 0 Å². The first-order valence-electron chi connectivity index (χ1n) is 5.73. The van der Waals surface area contributed by atoms with Gasteiger partial charge in [0.05, 0.1) is 5.88 Å². The number of carboxylic acids is 1. The second-order valence-electron chi connectivity index (χ2n) is 4.08. The first kappa shape index (κ1) is 14.2. The van der Waals surface area contributed by atoms with E-state index in [1.165, 1.54) is 22.4 Å². The Morgan fingerprint density at radius 1 is 1.28 bits per heavy atom. The number of hydrogen-bond acceptors (Lipinski definition) is 5. The molecule has 0 bridgehead atoms. The van der Waals surface area contributed by atoms with Crippen molar-refractivity contribution in [3.63, 3.8) is 0 Å². The van der Waals surface area contributed by atoms with Crippen LogP contribution in [0.3, 0.4) is 0 Å². The third kappa shape index (κ3) is 3.64. The molecule has 2 amide bonds. The van der Waals surface area contributed by atoms with Crippen molar-refractivity contribution in [1.29, 1.82) is 0 Å². The number of hydrogen-bond donors (Lipinski definition) is 2. The van der Waals surface area contributed by atoms with Crippen LogP contribution in [-0.4, -0.2) is 68.7 Å². The van der Waals surface area contributed by atoms with Gasteiger partial charge in [-0.25, -0.2) is 9.59 Å². The second kappa shape index (κ2) is 6.81. The van der Waals surface area contributed by atoms with Crippen LogP contribution in [0.5, 0.6) is 0 Å². The summed E-state index contributed by atoms with van der Waals surface area (Å²) in [5.41, 5.74) is 0. The van der Waals surface area contributed by atoms with Crippen LogP contribution in [0, 0.1) is 0 Å². The molecule has 5 nitrogen and oxygen atoms in total. The van der Waals surface area contributed by atoms with Gasteiger partial charge in [-0.2, -0.15) is 23.5 Å². The number of amides is 2. The van der Waals surface area contributed by atoms with Crippen molar-refractivity contribution >= 4 is 47.3 Å². The molecule has 0 aromatic carbocycles. The van der Waals surface area contributed by atoms with Crippen molar-refractivity contribution in [2.45, 2.75) is 11.3 Å². The number of nitrogens with zero attached hydrogens (tertiary/aromatic N) is 1. The Bertz CT molecular complexity index is 323. The summed E-state index contributed by atoms with van der Waals surface area (Å²) in [5.74, 6) is 3.40. The molecular weight excluding hydrogens is 292 g/mol. The number of nitrogens with one attached hydrogen (secondary N) is 1. The van der Waals surface area contributed by atoms with Gasteiger partial charge in [-0.15, -0.1) is 11.8 Å². The number of aliphatic carboxylic acids is 1. The van der Waals surface area contributed by atoms with Gasteiger partial charge in [-0.05, 0) is 0 Å². The van der Waals surface area contributed by atoms with E-state index in [-0.39, 0.29) is 6.03 Å². The van der Waals surface area contributed by atoms with Crippen molar-refractivity contribution in [1.82, 2.24) is 10.2 Å². The number of carbonyl (C=O) groups is 2. The van der Waals surface area contributed by atoms with E-state index in [4.69, 9.17) is 5.11 Å². The lowest BCUT2D eigenvalue weighted by molar-refractivity contribution is -0.140. The quantitative estimate of drug-likeness (QED) is 0.811. The van der Waals surface area contributed by atoms with Crippen molar-refractivity contribution in [3.05, 3.63) is 0 Å². The Balaban J connectivity index is 1.78. The molecular formula is C10H16N2O3S3. The maximum absolute atomic E-state index is 11.9. The van der Waals surface area contributed by atoms with E-state index in [2.05, 4.69) is 5.32 Å². The van der Waals surface area contributed by atoms with Gasteiger partial charge < -0.3 is 15.3 Å². The molecule has 0 radical (unpaired) electrons. The molecule has 2 atom stereocenters. The first-order valence-corrected chi connectivity index (χ1v) is 9.08. The average Bonchev–Trinajstić information content (AvgIpc) is 2.86. The number of thioether (sulfide) groups is 3. The fourth-order valence-corrected chi connectivity index (χ4v) is 5.56. The van der Waals surface area contributed by atoms with Crippen LogP contribution in [0.25, 0.3) is 0 Å². The van der Waals surface area contributed by atoms with Crippen LogP contribution < -0.4 is 5.32 Å². The van der Waals surface area contributed by atoms with Gasteiger partial charge in [-0.3, -0.25) is 0 Å². The van der Waals surface area contributed by atoms with Crippen molar-refractivity contribution in [2.24, 2.45) is 0 Å². The van der Waals surface area contributed by atoms with Gasteiger partial charge in [0.1, 0.15) is 6.04 Å². The summed E-state index contributed by atoms with van der Waals surface area (Å²) in [6, 6.07) is -0.924. The molecule has 18 heavy (non-hydrogen) atoms. The van der Waals surface area contributed by atoms with E-state index in [0.29, 0.717) is 23.4 Å². The van der Waals surface area contributed by atoms with Crippen LogP contribution >= 0.6 is 35.3 Å². The highest BCUT2D eigenvalue weighted by atomic mass is 32.2. The maximum atomic E-state index is 11.9. The zero-order valence-electron chi connectivity index (χ0n) is 9.83. The number of carbonyl (C=O) groups excluding carboxylic acids is 1. The fraction of sp³-hybridized carbons (Fsp3) is 0.800. The monoisotopic (exact) mass is 308 g/mol. The number of carboxylic acid groups (broad SMARTS) is 1. The molecule has 2 heterocycles. The summed E-state index contributed by atoms with van der Waals surface area (Å²) in [6.07, 6.45) is 0. The van der Waals surface area contributed by atoms with Crippen LogP contribution in [0.4, 0.5) is 4.79 Å². The van der Waals surface area contributed by atoms with E-state index < -0.39 is 12.0 Å². The van der Waals surface area contributed by atoms with Crippen molar-refractivity contribution < 1.29 is 14.7 Å². The molecule has 0 saturated carbocycles. The normalized spacial score (nSPS) is 28.1. The minimum Gasteiger partial charge on any atom is -0.480 e. The zero-order valence-corrected chi connectivity index (χ0v) is 12.3. The molecule has 1 unspecified atom stereocenters. The lowest BCUT2D eigenvalue weighted by Crippen LogP contribution is -2.48. The van der Waals surface area contributed by atoms with Crippen LogP contribution in [0.1, 0.15) is 0 Å². The predicted molar refractivity (Wildman–Crippen MR) is 77.6 cm³/mol. The fourth-order valence-electron chi connectivity index (χ4n) is 1.80. The van der Waals surface area contributed by atoms with E-state index in [0.717, 1.165) is 11.5 Å². The summed E-state index contributed by atoms with van der Waals surface area (Å²) in [7, 11) is 0. The SMILES string of the molecule is O=C(O)[C@@H]1CSCN1C(=O)NCC1CSCCS1. The second-order valence-corrected chi connectivity index (χ2v) is 7.64. The molecule has 2 saturated heterocycles. The topological polar surface area (TPSA) is 69.6 Å². The maximum Gasteiger partial charge on any atom is 0.327 e. The van der Waals surface area contributed by atoms with Crippen LogP contribution in [-0.2, 0) is 4.79 Å². The van der Waals surface area contributed by atoms with Gasteiger partial charge in [-0.1, -0.05) is 0 Å². The highest BCUT2D eigenvalue weighted by Crippen LogP contribution is 2.24. The molecule has 2 fully saturated rings. The summed E-state index contributed by atoms with van der Waals surface area (Å²) in [6.45, 7) is 0.629. The average molecular weight is 308 g/mol. The molecule has 0 spiro atoms. The standard InChI is InChI=1S/C10H16N2O3S3/c13-9(14)8-5-17-6-12(8)10(15)11-3-7-4-16-1-2-18-7/h7-8H,1-6H2,(H,11,15)(H,13,14)/t7?,8-/m0/s1. The lowest BCUT2D eigenvalue weighted by atomic mass is 10.3. The van der Waals surface area contributed by atoms with Crippen LogP contribution in [0.2, 0.25) is 0 Å².